The molecule has 0 aliphatic carbocycles. The molecule has 0 fully saturated rings. The Hall–Kier alpha value is -4.45. The molecule has 0 saturated heterocycles. The quantitative estimate of drug-likeness (QED) is 0.183. The highest BCUT2D eigenvalue weighted by Gasteiger charge is 2.20. The van der Waals surface area contributed by atoms with E-state index in [-0.39, 0.29) is 39.7 Å². The standard InChI is InChI=1S/C26H19ClN4O6S/c27-19-10-12-25(29-15-19)30-26(33)22-14-20(31(34)35)11-9-18(22)13-23(32)17-7-5-16(6-8-17)21-3-1-2-4-24(21)38(28,36)37/h1-12,14-15H,13H2,(H2,28,36,37)(H,29,30,33). The number of non-ortho nitro benzene ring substituents is 1. The second kappa shape index (κ2) is 10.9. The van der Waals surface area contributed by atoms with Crippen LogP contribution in [0.4, 0.5) is 11.5 Å². The molecule has 4 aromatic rings. The van der Waals surface area contributed by atoms with Gasteiger partial charge in [0.1, 0.15) is 5.82 Å². The summed E-state index contributed by atoms with van der Waals surface area (Å²) in [6.07, 6.45) is 1.11. The van der Waals surface area contributed by atoms with E-state index in [1.54, 1.807) is 30.3 Å². The summed E-state index contributed by atoms with van der Waals surface area (Å²) in [7, 11) is -3.96. The Morgan fingerprint density at radius 1 is 1.00 bits per heavy atom. The van der Waals surface area contributed by atoms with Gasteiger partial charge in [-0.2, -0.15) is 0 Å². The lowest BCUT2D eigenvalue weighted by Crippen LogP contribution is -2.17. The first kappa shape index (κ1) is 26.6. The topological polar surface area (TPSA) is 162 Å². The number of carbonyl (C=O) groups is 2. The van der Waals surface area contributed by atoms with E-state index in [1.165, 1.54) is 48.7 Å². The van der Waals surface area contributed by atoms with Gasteiger partial charge in [-0.05, 0) is 29.3 Å². The van der Waals surface area contributed by atoms with Crippen molar-refractivity contribution in [2.45, 2.75) is 11.3 Å². The number of ketones is 1. The van der Waals surface area contributed by atoms with Crippen LogP contribution in [0.2, 0.25) is 5.02 Å². The predicted molar refractivity (Wildman–Crippen MR) is 142 cm³/mol. The summed E-state index contributed by atoms with van der Waals surface area (Å²) < 4.78 is 23.9. The normalized spacial score (nSPS) is 11.1. The van der Waals surface area contributed by atoms with Crippen molar-refractivity contribution in [2.24, 2.45) is 5.14 Å². The van der Waals surface area contributed by atoms with Crippen molar-refractivity contribution >= 4 is 44.8 Å². The number of benzene rings is 3. The molecule has 0 saturated carbocycles. The number of hydrogen-bond acceptors (Lipinski definition) is 7. The van der Waals surface area contributed by atoms with Crippen molar-refractivity contribution in [2.75, 3.05) is 5.32 Å². The summed E-state index contributed by atoms with van der Waals surface area (Å²) in [6.45, 7) is 0. The average Bonchev–Trinajstić information content (AvgIpc) is 2.89. The molecule has 0 unspecified atom stereocenters. The van der Waals surface area contributed by atoms with Gasteiger partial charge in [-0.3, -0.25) is 19.7 Å². The maximum atomic E-state index is 13.1. The number of nitrogens with zero attached hydrogens (tertiary/aromatic N) is 2. The molecule has 1 amide bonds. The number of halogens is 1. The monoisotopic (exact) mass is 550 g/mol. The molecule has 0 aliphatic heterocycles. The molecule has 0 aliphatic rings. The van der Waals surface area contributed by atoms with Crippen LogP contribution >= 0.6 is 11.6 Å². The summed E-state index contributed by atoms with van der Waals surface area (Å²) in [5.41, 5.74) is 1.13. The number of nitrogens with one attached hydrogen (secondary N) is 1. The number of nitro benzene ring substituents is 1. The lowest BCUT2D eigenvalue weighted by molar-refractivity contribution is -0.384. The first-order valence-electron chi connectivity index (χ1n) is 11.0. The maximum Gasteiger partial charge on any atom is 0.270 e. The van der Waals surface area contributed by atoms with Crippen molar-refractivity contribution in [1.82, 2.24) is 4.98 Å². The van der Waals surface area contributed by atoms with Crippen molar-refractivity contribution in [3.8, 4) is 11.1 Å². The van der Waals surface area contributed by atoms with Gasteiger partial charge in [-0.15, -0.1) is 0 Å². The van der Waals surface area contributed by atoms with Crippen LogP contribution in [0.5, 0.6) is 0 Å². The number of rotatable bonds is 8. The van der Waals surface area contributed by atoms with E-state index in [0.717, 1.165) is 6.07 Å². The SMILES string of the molecule is NS(=O)(=O)c1ccccc1-c1ccc(C(=O)Cc2ccc([N+](=O)[O-])cc2C(=O)Nc2ccc(Cl)cn2)cc1. The van der Waals surface area contributed by atoms with Crippen molar-refractivity contribution < 1.29 is 22.9 Å². The van der Waals surface area contributed by atoms with Gasteiger partial charge in [-0.25, -0.2) is 18.5 Å². The first-order chi connectivity index (χ1) is 18.0. The van der Waals surface area contributed by atoms with Crippen LogP contribution in [0.25, 0.3) is 11.1 Å². The lowest BCUT2D eigenvalue weighted by atomic mass is 9.96. The number of pyridine rings is 1. The summed E-state index contributed by atoms with van der Waals surface area (Å²) in [5.74, 6) is -0.858. The van der Waals surface area contributed by atoms with E-state index in [2.05, 4.69) is 10.3 Å². The molecule has 192 valence electrons. The highest BCUT2D eigenvalue weighted by atomic mass is 35.5. The van der Waals surface area contributed by atoms with E-state index in [0.29, 0.717) is 21.7 Å². The molecule has 1 heterocycles. The maximum absolute atomic E-state index is 13.1. The fraction of sp³-hybridized carbons (Fsp3) is 0.0385. The summed E-state index contributed by atoms with van der Waals surface area (Å²) >= 11 is 5.81. The third-order valence-corrected chi connectivity index (χ3v) is 6.77. The highest BCUT2D eigenvalue weighted by Crippen LogP contribution is 2.27. The minimum Gasteiger partial charge on any atom is -0.307 e. The van der Waals surface area contributed by atoms with Crippen molar-refractivity contribution in [1.29, 1.82) is 0 Å². The fourth-order valence-corrected chi connectivity index (χ4v) is 4.61. The van der Waals surface area contributed by atoms with Crippen LogP contribution in [-0.4, -0.2) is 30.0 Å². The van der Waals surface area contributed by atoms with Gasteiger partial charge < -0.3 is 5.32 Å². The molecular formula is C26H19ClN4O6S. The van der Waals surface area contributed by atoms with Gasteiger partial charge in [-0.1, -0.05) is 60.1 Å². The van der Waals surface area contributed by atoms with Gasteiger partial charge in [0.15, 0.2) is 5.78 Å². The van der Waals surface area contributed by atoms with Gasteiger partial charge in [0.25, 0.3) is 11.6 Å². The number of primary sulfonamides is 1. The minimum atomic E-state index is -3.96. The Labute approximate surface area is 222 Å². The molecule has 12 heteroatoms. The van der Waals surface area contributed by atoms with Crippen LogP contribution in [0.3, 0.4) is 0 Å². The summed E-state index contributed by atoms with van der Waals surface area (Å²) in [4.78, 5) is 40.6. The van der Waals surface area contributed by atoms with Gasteiger partial charge in [0.2, 0.25) is 10.0 Å². The number of Topliss-reactive ketones (excluding diaryl/α,β-unsaturated/α-hetero) is 1. The first-order valence-corrected chi connectivity index (χ1v) is 12.9. The number of carbonyl (C=O) groups excluding carboxylic acids is 2. The van der Waals surface area contributed by atoms with E-state index in [1.807, 2.05) is 0 Å². The highest BCUT2D eigenvalue weighted by molar-refractivity contribution is 7.89. The molecule has 3 aromatic carbocycles. The molecular weight excluding hydrogens is 532 g/mol. The van der Waals surface area contributed by atoms with E-state index >= 15 is 0 Å². The van der Waals surface area contributed by atoms with E-state index in [9.17, 15) is 28.1 Å². The fourth-order valence-electron chi connectivity index (χ4n) is 3.74. The van der Waals surface area contributed by atoms with Crippen LogP contribution < -0.4 is 10.5 Å². The largest absolute Gasteiger partial charge is 0.307 e. The Morgan fingerprint density at radius 2 is 1.71 bits per heavy atom. The molecule has 1 aromatic heterocycles. The predicted octanol–water partition coefficient (Wildman–Crippen LogP) is 4.64. The van der Waals surface area contributed by atoms with E-state index in [4.69, 9.17) is 16.7 Å². The van der Waals surface area contributed by atoms with Gasteiger partial charge in [0, 0.05) is 35.9 Å². The minimum absolute atomic E-state index is 0.0456. The number of nitrogens with two attached hydrogens (primary N) is 1. The number of aromatic nitrogens is 1. The third kappa shape index (κ3) is 6.09. The second-order valence-corrected chi connectivity index (χ2v) is 10.1. The Morgan fingerprint density at radius 3 is 2.34 bits per heavy atom. The van der Waals surface area contributed by atoms with Crippen LogP contribution in [0.1, 0.15) is 26.3 Å². The molecule has 3 N–H and O–H groups in total. The molecule has 38 heavy (non-hydrogen) atoms. The summed E-state index contributed by atoms with van der Waals surface area (Å²) in [6, 6.07) is 19.1. The van der Waals surface area contributed by atoms with E-state index < -0.39 is 20.9 Å². The van der Waals surface area contributed by atoms with Gasteiger partial charge >= 0.3 is 0 Å². The zero-order valence-corrected chi connectivity index (χ0v) is 21.1. The molecule has 0 radical (unpaired) electrons. The molecule has 0 atom stereocenters. The van der Waals surface area contributed by atoms with Crippen LogP contribution in [-0.2, 0) is 16.4 Å². The van der Waals surface area contributed by atoms with Crippen LogP contribution in [0.15, 0.2) is 90.0 Å². The molecule has 4 rings (SSSR count). The number of amides is 1. The number of anilines is 1. The molecule has 0 bridgehead atoms. The van der Waals surface area contributed by atoms with Gasteiger partial charge in [0.05, 0.1) is 20.4 Å². The zero-order chi connectivity index (χ0) is 27.4. The Balaban J connectivity index is 1.60. The zero-order valence-electron chi connectivity index (χ0n) is 19.5. The number of sulfonamides is 1. The Kier molecular flexibility index (Phi) is 7.62. The lowest BCUT2D eigenvalue weighted by Gasteiger charge is -2.11. The molecule has 0 spiro atoms. The van der Waals surface area contributed by atoms with Crippen molar-refractivity contribution in [3.63, 3.8) is 0 Å². The van der Waals surface area contributed by atoms with Crippen molar-refractivity contribution in [3.05, 3.63) is 117 Å². The second-order valence-electron chi connectivity index (χ2n) is 8.13. The Bertz CT molecular complexity index is 1660. The molecule has 10 nitrogen and oxygen atoms in total. The number of nitro groups is 1. The smallest absolute Gasteiger partial charge is 0.270 e. The third-order valence-electron chi connectivity index (χ3n) is 5.58. The summed E-state index contributed by atoms with van der Waals surface area (Å²) in [5, 5.41) is 19.5. The number of hydrogen-bond donors (Lipinski definition) is 2. The van der Waals surface area contributed by atoms with Crippen LogP contribution in [0, 0.1) is 10.1 Å². The average molecular weight is 551 g/mol.